The molecule has 4 rings (SSSR count). The Labute approximate surface area is 195 Å². The molecule has 2 N–H and O–H groups in total. The Morgan fingerprint density at radius 1 is 1.14 bits per heavy atom. The van der Waals surface area contributed by atoms with Crippen LogP contribution >= 0.6 is 0 Å². The quantitative estimate of drug-likeness (QED) is 0.349. The molecule has 0 bridgehead atoms. The van der Waals surface area contributed by atoms with Crippen molar-refractivity contribution in [3.8, 4) is 0 Å². The van der Waals surface area contributed by atoms with Gasteiger partial charge in [-0.3, -0.25) is 24.3 Å². The summed E-state index contributed by atoms with van der Waals surface area (Å²) in [7, 11) is 2.93. The van der Waals surface area contributed by atoms with Crippen LogP contribution in [0.25, 0.3) is 21.8 Å². The van der Waals surface area contributed by atoms with E-state index in [0.717, 1.165) is 28.2 Å². The fraction of sp³-hybridized carbons (Fsp3) is 0.227. The fourth-order valence-corrected chi connectivity index (χ4v) is 3.61. The number of aryl methyl sites for hydroxylation is 1. The van der Waals surface area contributed by atoms with Gasteiger partial charge in [0, 0.05) is 38.7 Å². The number of carbonyl (C=O) groups is 2. The number of pyridine rings is 2. The summed E-state index contributed by atoms with van der Waals surface area (Å²) >= 11 is 0. The summed E-state index contributed by atoms with van der Waals surface area (Å²) in [5.74, 6) is -2.24. The number of aromatic nitrogens is 4. The maximum Gasteiger partial charge on any atom is 0.417 e. The molecule has 182 valence electrons. The van der Waals surface area contributed by atoms with Crippen LogP contribution in [-0.2, 0) is 24.6 Å². The van der Waals surface area contributed by atoms with Gasteiger partial charge in [0.2, 0.25) is 5.91 Å². The molecule has 3 heterocycles. The molecule has 0 unspecified atom stereocenters. The van der Waals surface area contributed by atoms with Gasteiger partial charge in [-0.25, -0.2) is 14.4 Å². The van der Waals surface area contributed by atoms with Crippen LogP contribution in [0.4, 0.5) is 23.4 Å². The fourth-order valence-electron chi connectivity index (χ4n) is 3.61. The number of alkyl halides is 3. The Morgan fingerprint density at radius 2 is 1.86 bits per heavy atom. The summed E-state index contributed by atoms with van der Waals surface area (Å²) in [4.78, 5) is 33.4. The van der Waals surface area contributed by atoms with Crippen LogP contribution in [0.1, 0.15) is 28.5 Å². The number of rotatable bonds is 3. The summed E-state index contributed by atoms with van der Waals surface area (Å²) in [5.41, 5.74) is 5.38. The van der Waals surface area contributed by atoms with E-state index < -0.39 is 29.4 Å². The van der Waals surface area contributed by atoms with E-state index >= 15 is 4.39 Å². The maximum atomic E-state index is 15.1. The number of hydrogen-bond acceptors (Lipinski definition) is 6. The van der Waals surface area contributed by atoms with Crippen LogP contribution in [0.5, 0.6) is 0 Å². The lowest BCUT2D eigenvalue weighted by Gasteiger charge is -2.31. The first-order valence-corrected chi connectivity index (χ1v) is 10.2. The molecule has 0 aliphatic carbocycles. The number of benzene rings is 1. The van der Waals surface area contributed by atoms with Crippen molar-refractivity contribution < 1.29 is 27.2 Å². The van der Waals surface area contributed by atoms with Gasteiger partial charge in [0.15, 0.2) is 0 Å². The van der Waals surface area contributed by atoms with Crippen LogP contribution in [0.2, 0.25) is 0 Å². The van der Waals surface area contributed by atoms with Crippen molar-refractivity contribution >= 4 is 39.4 Å². The standard InChI is InChI=1S/C22H19F4N7O2/c1-11(34)32(3)33(10-13-5-4-12(8-28-13)22(24,25)26)21(35)14-6-15-18(7-17(14)23)30-20(27)16-9-29-31(2)19(15)16/h4-9H,10H2,1-3H3,(H2,27,30). The third-order valence-corrected chi connectivity index (χ3v) is 5.54. The Kier molecular flexibility index (Phi) is 5.79. The van der Waals surface area contributed by atoms with E-state index in [1.807, 2.05) is 0 Å². The molecular formula is C22H19F4N7O2. The van der Waals surface area contributed by atoms with Crippen LogP contribution in [0.15, 0.2) is 36.7 Å². The van der Waals surface area contributed by atoms with E-state index in [4.69, 9.17) is 5.73 Å². The minimum Gasteiger partial charge on any atom is -0.383 e. The minimum atomic E-state index is -4.58. The molecule has 0 aliphatic heterocycles. The zero-order chi connectivity index (χ0) is 25.7. The van der Waals surface area contributed by atoms with Crippen LogP contribution < -0.4 is 5.73 Å². The second-order valence-corrected chi connectivity index (χ2v) is 7.82. The lowest BCUT2D eigenvalue weighted by molar-refractivity contribution is -0.140. The highest BCUT2D eigenvalue weighted by molar-refractivity contribution is 6.10. The van der Waals surface area contributed by atoms with Crippen LogP contribution in [0.3, 0.4) is 0 Å². The molecule has 35 heavy (non-hydrogen) atoms. The Morgan fingerprint density at radius 3 is 2.46 bits per heavy atom. The predicted octanol–water partition coefficient (Wildman–Crippen LogP) is 3.29. The highest BCUT2D eigenvalue weighted by Crippen LogP contribution is 2.31. The van der Waals surface area contributed by atoms with Crippen molar-refractivity contribution in [2.75, 3.05) is 12.8 Å². The number of carbonyl (C=O) groups excluding carboxylic acids is 2. The van der Waals surface area contributed by atoms with Gasteiger partial charge in [-0.15, -0.1) is 0 Å². The SMILES string of the molecule is CC(=O)N(C)N(Cc1ccc(C(F)(F)F)cn1)C(=O)c1cc2c(cc1F)nc(N)c1cnn(C)c12. The van der Waals surface area contributed by atoms with E-state index in [1.54, 1.807) is 7.05 Å². The van der Waals surface area contributed by atoms with Crippen molar-refractivity contribution in [2.24, 2.45) is 7.05 Å². The molecule has 0 fully saturated rings. The molecule has 9 nitrogen and oxygen atoms in total. The number of halogens is 4. The van der Waals surface area contributed by atoms with Gasteiger partial charge in [-0.05, 0) is 18.2 Å². The Hall–Kier alpha value is -4.29. The number of fused-ring (bicyclic) bond motifs is 3. The van der Waals surface area contributed by atoms with Gasteiger partial charge < -0.3 is 5.73 Å². The predicted molar refractivity (Wildman–Crippen MR) is 118 cm³/mol. The summed E-state index contributed by atoms with van der Waals surface area (Å²) < 4.78 is 55.2. The zero-order valence-electron chi connectivity index (χ0n) is 18.8. The molecule has 0 saturated heterocycles. The van der Waals surface area contributed by atoms with Crippen molar-refractivity contribution in [2.45, 2.75) is 19.6 Å². The second kappa shape index (κ2) is 8.49. The number of nitrogen functional groups attached to an aromatic ring is 1. The highest BCUT2D eigenvalue weighted by Gasteiger charge is 2.31. The van der Waals surface area contributed by atoms with Gasteiger partial charge in [0.05, 0.1) is 46.0 Å². The van der Waals surface area contributed by atoms with Crippen molar-refractivity contribution in [3.63, 3.8) is 0 Å². The summed E-state index contributed by atoms with van der Waals surface area (Å²) in [6, 6.07) is 4.22. The van der Waals surface area contributed by atoms with Gasteiger partial charge in [-0.1, -0.05) is 0 Å². The molecule has 2 amide bonds. The summed E-state index contributed by atoms with van der Waals surface area (Å²) in [6.45, 7) is 0.800. The zero-order valence-corrected chi connectivity index (χ0v) is 18.8. The number of anilines is 1. The molecule has 0 spiro atoms. The number of hydrogen-bond donors (Lipinski definition) is 1. The minimum absolute atomic E-state index is 0.0594. The summed E-state index contributed by atoms with van der Waals surface area (Å²) in [5, 5.41) is 6.88. The van der Waals surface area contributed by atoms with Crippen LogP contribution in [-0.4, -0.2) is 48.6 Å². The first kappa shape index (κ1) is 23.9. The lowest BCUT2D eigenvalue weighted by Crippen LogP contribution is -2.46. The average Bonchev–Trinajstić information content (AvgIpc) is 3.18. The van der Waals surface area contributed by atoms with Gasteiger partial charge in [0.25, 0.3) is 5.91 Å². The molecule has 1 aromatic carbocycles. The third kappa shape index (κ3) is 4.32. The van der Waals surface area contributed by atoms with Gasteiger partial charge >= 0.3 is 6.18 Å². The van der Waals surface area contributed by atoms with Gasteiger partial charge in [-0.2, -0.15) is 18.3 Å². The van der Waals surface area contributed by atoms with E-state index in [9.17, 15) is 22.8 Å². The molecule has 0 atom stereocenters. The number of nitrogens with zero attached hydrogens (tertiary/aromatic N) is 6. The Balaban J connectivity index is 1.79. The molecule has 13 heteroatoms. The highest BCUT2D eigenvalue weighted by atomic mass is 19.4. The number of nitrogens with two attached hydrogens (primary N) is 1. The first-order chi connectivity index (χ1) is 16.4. The average molecular weight is 489 g/mol. The normalized spacial score (nSPS) is 11.7. The van der Waals surface area contributed by atoms with Crippen molar-refractivity contribution in [1.82, 2.24) is 29.8 Å². The van der Waals surface area contributed by atoms with E-state index in [1.165, 1.54) is 30.9 Å². The van der Waals surface area contributed by atoms with E-state index in [-0.39, 0.29) is 29.1 Å². The van der Waals surface area contributed by atoms with Crippen molar-refractivity contribution in [3.05, 3.63) is 59.3 Å². The van der Waals surface area contributed by atoms with E-state index in [0.29, 0.717) is 22.5 Å². The number of hydrazine groups is 1. The van der Waals surface area contributed by atoms with Gasteiger partial charge in [0.1, 0.15) is 11.6 Å². The topological polar surface area (TPSA) is 110 Å². The molecule has 0 aliphatic rings. The van der Waals surface area contributed by atoms with Crippen molar-refractivity contribution in [1.29, 1.82) is 0 Å². The largest absolute Gasteiger partial charge is 0.417 e. The lowest BCUT2D eigenvalue weighted by atomic mass is 10.1. The first-order valence-electron chi connectivity index (χ1n) is 10.2. The molecule has 0 radical (unpaired) electrons. The summed E-state index contributed by atoms with van der Waals surface area (Å²) in [6.07, 6.45) is -2.47. The molecule has 0 saturated carbocycles. The second-order valence-electron chi connectivity index (χ2n) is 7.82. The smallest absolute Gasteiger partial charge is 0.383 e. The third-order valence-electron chi connectivity index (χ3n) is 5.54. The van der Waals surface area contributed by atoms with Crippen LogP contribution in [0, 0.1) is 5.82 Å². The Bertz CT molecular complexity index is 1470. The maximum absolute atomic E-state index is 15.1. The monoisotopic (exact) mass is 489 g/mol. The molecule has 4 aromatic rings. The van der Waals surface area contributed by atoms with E-state index in [2.05, 4.69) is 15.1 Å². The molecule has 3 aromatic heterocycles. The molecular weight excluding hydrogens is 470 g/mol. The number of amides is 2.